The van der Waals surface area contributed by atoms with Crippen molar-refractivity contribution in [2.24, 2.45) is 0 Å². The van der Waals surface area contributed by atoms with Crippen molar-refractivity contribution in [1.29, 1.82) is 0 Å². The Balaban J connectivity index is 1.59. The predicted molar refractivity (Wildman–Crippen MR) is 110 cm³/mol. The average Bonchev–Trinajstić information content (AvgIpc) is 3.45. The molecule has 1 aromatic carbocycles. The van der Waals surface area contributed by atoms with Crippen molar-refractivity contribution in [3.8, 4) is 11.4 Å². The molecule has 0 amide bonds. The van der Waals surface area contributed by atoms with E-state index in [1.54, 1.807) is 23.9 Å². The van der Waals surface area contributed by atoms with Gasteiger partial charge in [-0.15, -0.1) is 21.5 Å². The summed E-state index contributed by atoms with van der Waals surface area (Å²) in [6.45, 7) is 0.512. The Bertz CT molecular complexity index is 1230. The molecule has 138 valence electrons. The second-order valence-electron chi connectivity index (χ2n) is 5.90. The molecule has 28 heavy (non-hydrogen) atoms. The molecule has 0 radical (unpaired) electrons. The molecule has 9 heteroatoms. The molecule has 0 aliphatic rings. The summed E-state index contributed by atoms with van der Waals surface area (Å²) >= 11 is 9.09. The maximum Gasteiger partial charge on any atom is 0.198 e. The second-order valence-corrected chi connectivity index (χ2v) is 8.19. The summed E-state index contributed by atoms with van der Waals surface area (Å²) in [5.41, 5.74) is 0.929. The molecule has 4 aromatic heterocycles. The smallest absolute Gasteiger partial charge is 0.198 e. The number of thiophene rings is 1. The molecule has 6 nitrogen and oxygen atoms in total. The van der Waals surface area contributed by atoms with E-state index in [-0.39, 0.29) is 0 Å². The minimum atomic E-state index is 0.512. The lowest BCUT2D eigenvalue weighted by Crippen LogP contribution is -2.03. The summed E-state index contributed by atoms with van der Waals surface area (Å²) in [4.78, 5) is 9.71. The van der Waals surface area contributed by atoms with Crippen LogP contribution in [0.5, 0.6) is 0 Å². The second kappa shape index (κ2) is 7.38. The van der Waals surface area contributed by atoms with Crippen LogP contribution in [0.2, 0.25) is 5.02 Å². The van der Waals surface area contributed by atoms with Gasteiger partial charge in [-0.3, -0.25) is 4.57 Å². The van der Waals surface area contributed by atoms with Gasteiger partial charge in [0.15, 0.2) is 11.0 Å². The van der Waals surface area contributed by atoms with E-state index >= 15 is 0 Å². The monoisotopic (exact) mass is 425 g/mol. The number of halogens is 1. The highest BCUT2D eigenvalue weighted by Crippen LogP contribution is 2.34. The molecular formula is C19H12ClN5OS2. The van der Waals surface area contributed by atoms with Gasteiger partial charge >= 0.3 is 0 Å². The Kier molecular flexibility index (Phi) is 4.59. The Hall–Kier alpha value is -2.68. The number of benzene rings is 1. The zero-order valence-electron chi connectivity index (χ0n) is 14.3. The predicted octanol–water partition coefficient (Wildman–Crippen LogP) is 5.40. The first-order valence-corrected chi connectivity index (χ1v) is 10.4. The molecule has 0 aliphatic heterocycles. The third-order valence-corrected chi connectivity index (χ3v) is 6.20. The molecular weight excluding hydrogens is 414 g/mol. The van der Waals surface area contributed by atoms with Gasteiger partial charge in [0.05, 0.1) is 12.8 Å². The summed E-state index contributed by atoms with van der Waals surface area (Å²) < 4.78 is 7.57. The highest BCUT2D eigenvalue weighted by molar-refractivity contribution is 7.99. The SMILES string of the molecule is Clc1ccc(-c2nnc(Sc3ncnc4sccc34)n2Cc2ccco2)cc1. The fourth-order valence-corrected chi connectivity index (χ4v) is 4.63. The summed E-state index contributed by atoms with van der Waals surface area (Å²) in [7, 11) is 0. The third-order valence-electron chi connectivity index (χ3n) is 4.13. The van der Waals surface area contributed by atoms with Crippen molar-refractivity contribution < 1.29 is 4.42 Å². The van der Waals surface area contributed by atoms with Gasteiger partial charge < -0.3 is 4.42 Å². The highest BCUT2D eigenvalue weighted by atomic mass is 35.5. The molecule has 0 unspecified atom stereocenters. The molecule has 0 fully saturated rings. The topological polar surface area (TPSA) is 69.6 Å². The van der Waals surface area contributed by atoms with Crippen molar-refractivity contribution in [3.63, 3.8) is 0 Å². The molecule has 0 spiro atoms. The van der Waals surface area contributed by atoms with Crippen LogP contribution in [0, 0.1) is 0 Å². The van der Waals surface area contributed by atoms with Crippen LogP contribution >= 0.6 is 34.7 Å². The first-order chi connectivity index (χ1) is 13.8. The van der Waals surface area contributed by atoms with Crippen LogP contribution in [0.15, 0.2) is 75.0 Å². The molecule has 0 saturated heterocycles. The van der Waals surface area contributed by atoms with E-state index in [0.29, 0.717) is 11.6 Å². The zero-order valence-corrected chi connectivity index (χ0v) is 16.7. The number of aromatic nitrogens is 5. The Morgan fingerprint density at radius 1 is 1.07 bits per heavy atom. The summed E-state index contributed by atoms with van der Waals surface area (Å²) in [6, 6.07) is 13.4. The van der Waals surface area contributed by atoms with Crippen LogP contribution < -0.4 is 0 Å². The molecule has 0 N–H and O–H groups in total. The lowest BCUT2D eigenvalue weighted by Gasteiger charge is -2.09. The molecule has 0 saturated carbocycles. The van der Waals surface area contributed by atoms with Gasteiger partial charge in [-0.25, -0.2) is 9.97 Å². The van der Waals surface area contributed by atoms with Gasteiger partial charge in [0.1, 0.15) is 21.9 Å². The van der Waals surface area contributed by atoms with Crippen LogP contribution in [0.4, 0.5) is 0 Å². The summed E-state index contributed by atoms with van der Waals surface area (Å²) in [5, 5.41) is 14.1. The summed E-state index contributed by atoms with van der Waals surface area (Å²) in [5.74, 6) is 1.56. The number of furan rings is 1. The Labute approximate surface area is 173 Å². The van der Waals surface area contributed by atoms with Crippen LogP contribution in [0.3, 0.4) is 0 Å². The van der Waals surface area contributed by atoms with Crippen molar-refractivity contribution in [1.82, 2.24) is 24.7 Å². The van der Waals surface area contributed by atoms with E-state index < -0.39 is 0 Å². The number of hydrogen-bond donors (Lipinski definition) is 0. The fourth-order valence-electron chi connectivity index (χ4n) is 2.81. The van der Waals surface area contributed by atoms with Gasteiger partial charge in [0, 0.05) is 16.0 Å². The number of nitrogens with zero attached hydrogens (tertiary/aromatic N) is 5. The molecule has 0 aliphatic carbocycles. The van der Waals surface area contributed by atoms with Gasteiger partial charge in [-0.05, 0) is 59.6 Å². The van der Waals surface area contributed by atoms with Gasteiger partial charge in [-0.2, -0.15) is 0 Å². The summed E-state index contributed by atoms with van der Waals surface area (Å²) in [6.07, 6.45) is 3.24. The van der Waals surface area contributed by atoms with E-state index in [1.165, 1.54) is 11.8 Å². The largest absolute Gasteiger partial charge is 0.467 e. The maximum atomic E-state index is 6.04. The lowest BCUT2D eigenvalue weighted by atomic mass is 10.2. The van der Waals surface area contributed by atoms with Crippen LogP contribution in [0.25, 0.3) is 21.6 Å². The van der Waals surface area contributed by atoms with Crippen LogP contribution in [-0.4, -0.2) is 24.7 Å². The van der Waals surface area contributed by atoms with E-state index in [9.17, 15) is 0 Å². The van der Waals surface area contributed by atoms with E-state index in [0.717, 1.165) is 37.5 Å². The molecule has 5 rings (SSSR count). The molecule has 0 atom stereocenters. The normalized spacial score (nSPS) is 11.3. The number of rotatable bonds is 5. The number of fused-ring (bicyclic) bond motifs is 1. The van der Waals surface area contributed by atoms with E-state index in [1.807, 2.05) is 52.4 Å². The van der Waals surface area contributed by atoms with E-state index in [2.05, 4.69) is 20.2 Å². The maximum absolute atomic E-state index is 6.04. The van der Waals surface area contributed by atoms with Gasteiger partial charge in [-0.1, -0.05) is 11.6 Å². The highest BCUT2D eigenvalue weighted by Gasteiger charge is 2.18. The quantitative estimate of drug-likeness (QED) is 0.351. The zero-order chi connectivity index (χ0) is 18.9. The first kappa shape index (κ1) is 17.4. The Morgan fingerprint density at radius 2 is 1.96 bits per heavy atom. The van der Waals surface area contributed by atoms with Crippen molar-refractivity contribution in [2.75, 3.05) is 0 Å². The van der Waals surface area contributed by atoms with Crippen molar-refractivity contribution in [2.45, 2.75) is 16.7 Å². The third kappa shape index (κ3) is 3.30. The fraction of sp³-hybridized carbons (Fsp3) is 0.0526. The van der Waals surface area contributed by atoms with Gasteiger partial charge in [0.25, 0.3) is 0 Å². The molecule has 5 aromatic rings. The van der Waals surface area contributed by atoms with Crippen LogP contribution in [-0.2, 0) is 6.54 Å². The van der Waals surface area contributed by atoms with Crippen molar-refractivity contribution >= 4 is 44.9 Å². The number of hydrogen-bond acceptors (Lipinski definition) is 7. The standard InChI is InChI=1S/C19H12ClN5OS2/c20-13-5-3-12(4-6-13)16-23-24-19(25(16)10-14-2-1-8-26-14)28-18-15-7-9-27-17(15)21-11-22-18/h1-9,11H,10H2. The Morgan fingerprint density at radius 3 is 2.79 bits per heavy atom. The minimum Gasteiger partial charge on any atom is -0.467 e. The minimum absolute atomic E-state index is 0.512. The van der Waals surface area contributed by atoms with Crippen molar-refractivity contribution in [3.05, 3.63) is 71.2 Å². The first-order valence-electron chi connectivity index (χ1n) is 8.35. The average molecular weight is 426 g/mol. The molecule has 0 bridgehead atoms. The lowest BCUT2D eigenvalue weighted by molar-refractivity contribution is 0.485. The van der Waals surface area contributed by atoms with E-state index in [4.69, 9.17) is 16.0 Å². The van der Waals surface area contributed by atoms with Gasteiger partial charge in [0.2, 0.25) is 0 Å². The van der Waals surface area contributed by atoms with Crippen LogP contribution in [0.1, 0.15) is 5.76 Å². The molecule has 4 heterocycles.